The summed E-state index contributed by atoms with van der Waals surface area (Å²) in [7, 11) is 3.26. The molecule has 0 amide bonds. The molecule has 1 aliphatic rings. The van der Waals surface area contributed by atoms with Crippen LogP contribution >= 0.6 is 11.6 Å². The Balaban J connectivity index is 1.80. The molecule has 4 rings (SSSR count). The average Bonchev–Trinajstić information content (AvgIpc) is 2.82. The van der Waals surface area contributed by atoms with Gasteiger partial charge in [0, 0.05) is 35.1 Å². The van der Waals surface area contributed by atoms with E-state index in [9.17, 15) is 9.90 Å². The molecule has 0 radical (unpaired) electrons. The zero-order valence-electron chi connectivity index (χ0n) is 18.1. The average molecular weight is 464 g/mol. The molecule has 0 fully saturated rings. The normalized spacial score (nSPS) is 14.3. The van der Waals surface area contributed by atoms with Crippen LogP contribution in [0.3, 0.4) is 0 Å². The van der Waals surface area contributed by atoms with Crippen LogP contribution in [-0.4, -0.2) is 40.9 Å². The fourth-order valence-electron chi connectivity index (χ4n) is 3.77. The van der Waals surface area contributed by atoms with Crippen molar-refractivity contribution < 1.29 is 14.6 Å². The smallest absolute Gasteiger partial charge is 0.335 e. The van der Waals surface area contributed by atoms with E-state index in [-0.39, 0.29) is 5.56 Å². The maximum atomic E-state index is 11.3. The van der Waals surface area contributed by atoms with Crippen molar-refractivity contribution in [2.75, 3.05) is 19.5 Å². The molecule has 0 unspecified atom stereocenters. The summed E-state index contributed by atoms with van der Waals surface area (Å²) >= 11 is 6.45. The summed E-state index contributed by atoms with van der Waals surface area (Å²) in [5, 5.41) is 24.8. The summed E-state index contributed by atoms with van der Waals surface area (Å²) in [4.78, 5) is 20.4. The number of fused-ring (bicyclic) bond motifs is 1. The van der Waals surface area contributed by atoms with Gasteiger partial charge in [-0.25, -0.2) is 14.8 Å². The number of carbonyl (C=O) groups is 1. The number of aryl methyl sites for hydroxylation is 1. The highest BCUT2D eigenvalue weighted by Crippen LogP contribution is 2.35. The number of anilines is 2. The Labute approximate surface area is 195 Å². The molecule has 1 aliphatic carbocycles. The van der Waals surface area contributed by atoms with E-state index in [4.69, 9.17) is 26.7 Å². The first-order valence-electron chi connectivity index (χ1n) is 10.2. The number of nitrogens with zero attached hydrogens (tertiary/aromatic N) is 2. The number of allylic oxidation sites excluding steroid dienone is 1. The topological polar surface area (TPSA) is 120 Å². The van der Waals surface area contributed by atoms with Gasteiger partial charge in [-0.3, -0.25) is 0 Å². The monoisotopic (exact) mass is 463 g/mol. The van der Waals surface area contributed by atoms with E-state index < -0.39 is 5.97 Å². The van der Waals surface area contributed by atoms with Crippen LogP contribution in [-0.2, 0) is 6.42 Å². The molecule has 8 nitrogen and oxygen atoms in total. The Morgan fingerprint density at radius 1 is 1.21 bits per heavy atom. The van der Waals surface area contributed by atoms with E-state index in [1.54, 1.807) is 19.3 Å². The van der Waals surface area contributed by atoms with Crippen molar-refractivity contribution >= 4 is 46.2 Å². The van der Waals surface area contributed by atoms with Crippen LogP contribution in [0.25, 0.3) is 11.3 Å². The second-order valence-corrected chi connectivity index (χ2v) is 7.78. The summed E-state index contributed by atoms with van der Waals surface area (Å²) in [6.07, 6.45) is 2.97. The molecule has 33 heavy (non-hydrogen) atoms. The van der Waals surface area contributed by atoms with E-state index in [2.05, 4.69) is 15.6 Å². The van der Waals surface area contributed by atoms with Gasteiger partial charge in [0.2, 0.25) is 5.95 Å². The van der Waals surface area contributed by atoms with Crippen LogP contribution in [0.5, 0.6) is 5.75 Å². The lowest BCUT2D eigenvalue weighted by atomic mass is 9.87. The van der Waals surface area contributed by atoms with Crippen molar-refractivity contribution in [3.63, 3.8) is 0 Å². The molecule has 168 valence electrons. The summed E-state index contributed by atoms with van der Waals surface area (Å²) in [5.41, 5.74) is 4.85. The molecule has 3 aromatic rings. The molecule has 9 heteroatoms. The molecule has 1 aromatic heterocycles. The van der Waals surface area contributed by atoms with E-state index in [0.29, 0.717) is 52.2 Å². The molecule has 0 spiro atoms. The highest BCUT2D eigenvalue weighted by atomic mass is 35.5. The molecule has 0 saturated carbocycles. The Morgan fingerprint density at radius 2 is 2.00 bits per heavy atom. The number of halogens is 1. The van der Waals surface area contributed by atoms with Gasteiger partial charge in [0.05, 0.1) is 29.8 Å². The van der Waals surface area contributed by atoms with Crippen LogP contribution in [0.15, 0.2) is 48.7 Å². The first-order chi connectivity index (χ1) is 15.9. The second kappa shape index (κ2) is 9.30. The Bertz CT molecular complexity index is 1290. The number of rotatable bonds is 6. The van der Waals surface area contributed by atoms with Crippen LogP contribution in [0.2, 0.25) is 5.02 Å². The van der Waals surface area contributed by atoms with Crippen molar-refractivity contribution in [3.05, 3.63) is 76.1 Å². The zero-order valence-corrected chi connectivity index (χ0v) is 18.8. The van der Waals surface area contributed by atoms with Crippen LogP contribution in [0, 0.1) is 5.41 Å². The predicted octanol–water partition coefficient (Wildman–Crippen LogP) is 4.63. The van der Waals surface area contributed by atoms with Crippen LogP contribution in [0.1, 0.15) is 33.6 Å². The number of carboxylic acid groups (broad SMARTS) is 1. The quantitative estimate of drug-likeness (QED) is 0.420. The first kappa shape index (κ1) is 22.3. The minimum absolute atomic E-state index is 0.112. The highest BCUT2D eigenvalue weighted by Gasteiger charge is 2.26. The number of hydrogen-bond donors (Lipinski definition) is 4. The molecule has 1 heterocycles. The number of methoxy groups -OCH3 is 1. The summed E-state index contributed by atoms with van der Waals surface area (Å²) in [5.74, 6) is -0.388. The van der Waals surface area contributed by atoms with Gasteiger partial charge in [-0.05, 0) is 42.7 Å². The number of aromatic nitrogens is 2. The van der Waals surface area contributed by atoms with Gasteiger partial charge >= 0.3 is 5.97 Å². The lowest BCUT2D eigenvalue weighted by Gasteiger charge is -2.23. The van der Waals surface area contributed by atoms with Gasteiger partial charge in [0.15, 0.2) is 0 Å². The number of benzene rings is 2. The summed E-state index contributed by atoms with van der Waals surface area (Å²) < 4.78 is 5.34. The molecular formula is C24H22ClN5O3. The number of aromatic carboxylic acids is 1. The molecule has 0 bridgehead atoms. The molecule has 0 saturated heterocycles. The molecule has 4 N–H and O–H groups in total. The van der Waals surface area contributed by atoms with Gasteiger partial charge in [-0.15, -0.1) is 0 Å². The third-order valence-electron chi connectivity index (χ3n) is 5.39. The highest BCUT2D eigenvalue weighted by molar-refractivity contribution is 6.35. The van der Waals surface area contributed by atoms with E-state index >= 15 is 0 Å². The minimum atomic E-state index is -1.04. The lowest BCUT2D eigenvalue weighted by Crippen LogP contribution is -2.20. The van der Waals surface area contributed by atoms with Gasteiger partial charge in [-0.2, -0.15) is 0 Å². The van der Waals surface area contributed by atoms with Gasteiger partial charge in [0.25, 0.3) is 0 Å². The summed E-state index contributed by atoms with van der Waals surface area (Å²) in [6, 6.07) is 12.0. The fraction of sp³-hybridized carbons (Fsp3) is 0.167. The molecule has 2 aromatic carbocycles. The Morgan fingerprint density at radius 3 is 2.70 bits per heavy atom. The summed E-state index contributed by atoms with van der Waals surface area (Å²) in [6.45, 7) is 0. The third kappa shape index (κ3) is 4.38. The molecule has 0 aliphatic heterocycles. The Hall–Kier alpha value is -3.91. The maximum Gasteiger partial charge on any atom is 0.335 e. The molecule has 0 atom stereocenters. The largest absolute Gasteiger partial charge is 0.495 e. The standard InChI is InChI=1S/C24H22ClN5O3/c1-27-22(15-5-3-4-6-16(15)25)20-17(26)9-7-14-12-28-24(30-21(14)20)29-18-10-8-13(23(31)32)11-19(18)33-2/h3-6,8,10-12,26-27H,7,9H2,1-2H3,(H,31,32)(H,28,29,30)/b22-20+,26-17?. The lowest BCUT2D eigenvalue weighted by molar-refractivity contribution is 0.0696. The second-order valence-electron chi connectivity index (χ2n) is 7.37. The number of ether oxygens (including phenoxy) is 1. The minimum Gasteiger partial charge on any atom is -0.495 e. The number of nitrogens with one attached hydrogen (secondary N) is 3. The van der Waals surface area contributed by atoms with Crippen molar-refractivity contribution in [2.45, 2.75) is 12.8 Å². The van der Waals surface area contributed by atoms with Crippen molar-refractivity contribution in [1.82, 2.24) is 15.3 Å². The van der Waals surface area contributed by atoms with E-state index in [1.165, 1.54) is 19.2 Å². The zero-order chi connectivity index (χ0) is 23.5. The first-order valence-corrected chi connectivity index (χ1v) is 10.6. The van der Waals surface area contributed by atoms with E-state index in [1.807, 2.05) is 24.3 Å². The Kier molecular flexibility index (Phi) is 6.28. The van der Waals surface area contributed by atoms with Crippen molar-refractivity contribution in [2.24, 2.45) is 0 Å². The number of carboxylic acids is 1. The van der Waals surface area contributed by atoms with Gasteiger partial charge < -0.3 is 25.9 Å². The van der Waals surface area contributed by atoms with Gasteiger partial charge in [0.1, 0.15) is 5.75 Å². The van der Waals surface area contributed by atoms with E-state index in [0.717, 1.165) is 16.8 Å². The van der Waals surface area contributed by atoms with Crippen LogP contribution < -0.4 is 15.4 Å². The van der Waals surface area contributed by atoms with Crippen molar-refractivity contribution in [3.8, 4) is 5.75 Å². The number of hydrogen-bond acceptors (Lipinski definition) is 7. The van der Waals surface area contributed by atoms with Gasteiger partial charge in [-0.1, -0.05) is 29.8 Å². The predicted molar refractivity (Wildman–Crippen MR) is 129 cm³/mol. The molecular weight excluding hydrogens is 442 g/mol. The van der Waals surface area contributed by atoms with Crippen LogP contribution in [0.4, 0.5) is 11.6 Å². The fourth-order valence-corrected chi connectivity index (χ4v) is 4.00. The van der Waals surface area contributed by atoms with Crippen molar-refractivity contribution in [1.29, 1.82) is 5.41 Å². The maximum absolute atomic E-state index is 11.3. The SMILES string of the molecule is CN/C(=C1\C(=N)CCc2cnc(Nc3ccc(C(=O)O)cc3OC)nc21)c1ccccc1Cl. The third-order valence-corrected chi connectivity index (χ3v) is 5.72.